The number of nitrogens with two attached hydrogens (primary N) is 1. The Balaban J connectivity index is 1.91. The van der Waals surface area contributed by atoms with Gasteiger partial charge in [-0.25, -0.2) is 9.97 Å². The highest BCUT2D eigenvalue weighted by atomic mass is 16.5. The van der Waals surface area contributed by atoms with Crippen LogP contribution in [0.25, 0.3) is 0 Å². The summed E-state index contributed by atoms with van der Waals surface area (Å²) in [7, 11) is 0. The smallest absolute Gasteiger partial charge is 0.242 e. The molecular formula is C13H20N6O. The van der Waals surface area contributed by atoms with E-state index in [1.165, 1.54) is 0 Å². The van der Waals surface area contributed by atoms with Crippen LogP contribution in [0.1, 0.15) is 19.2 Å². The van der Waals surface area contributed by atoms with E-state index < -0.39 is 0 Å². The minimum absolute atomic E-state index is 0.442. The highest BCUT2D eigenvalue weighted by Crippen LogP contribution is 2.25. The molecule has 0 aliphatic rings. The summed E-state index contributed by atoms with van der Waals surface area (Å²) < 4.78 is 7.42. The van der Waals surface area contributed by atoms with Gasteiger partial charge in [-0.2, -0.15) is 4.98 Å². The number of rotatable bonds is 7. The summed E-state index contributed by atoms with van der Waals surface area (Å²) in [5.74, 6) is 1.71. The summed E-state index contributed by atoms with van der Waals surface area (Å²) in [4.78, 5) is 12.5. The van der Waals surface area contributed by atoms with Gasteiger partial charge in [-0.15, -0.1) is 0 Å². The van der Waals surface area contributed by atoms with Crippen LogP contribution in [-0.2, 0) is 6.54 Å². The maximum absolute atomic E-state index is 5.99. The summed E-state index contributed by atoms with van der Waals surface area (Å²) in [5.41, 5.74) is 6.45. The molecule has 2 heterocycles. The van der Waals surface area contributed by atoms with Crippen molar-refractivity contribution >= 4 is 11.5 Å². The zero-order chi connectivity index (χ0) is 14.4. The molecule has 0 aliphatic heterocycles. The van der Waals surface area contributed by atoms with E-state index in [-0.39, 0.29) is 0 Å². The zero-order valence-electron chi connectivity index (χ0n) is 11.8. The molecule has 2 rings (SSSR count). The van der Waals surface area contributed by atoms with Gasteiger partial charge >= 0.3 is 0 Å². The van der Waals surface area contributed by atoms with Gasteiger partial charge in [0, 0.05) is 25.5 Å². The number of anilines is 2. The lowest BCUT2D eigenvalue weighted by Crippen LogP contribution is -2.11. The number of aromatic nitrogens is 4. The fourth-order valence-corrected chi connectivity index (χ4v) is 1.82. The Bertz CT molecular complexity index is 540. The molecular weight excluding hydrogens is 256 g/mol. The SMILES string of the molecule is CCOc1nc(C)nc(NCCCn2ccnc2)c1N. The van der Waals surface area contributed by atoms with Gasteiger partial charge in [0.05, 0.1) is 12.9 Å². The number of nitrogens with one attached hydrogen (secondary N) is 1. The van der Waals surface area contributed by atoms with Crippen LogP contribution in [0.3, 0.4) is 0 Å². The van der Waals surface area contributed by atoms with Crippen molar-refractivity contribution in [1.29, 1.82) is 0 Å². The lowest BCUT2D eigenvalue weighted by atomic mass is 10.4. The summed E-state index contributed by atoms with van der Waals surface area (Å²) in [6.45, 7) is 5.91. The van der Waals surface area contributed by atoms with Gasteiger partial charge in [0.25, 0.3) is 0 Å². The molecule has 2 aromatic rings. The van der Waals surface area contributed by atoms with Crippen molar-refractivity contribution in [2.75, 3.05) is 24.2 Å². The molecule has 20 heavy (non-hydrogen) atoms. The van der Waals surface area contributed by atoms with Crippen molar-refractivity contribution in [3.63, 3.8) is 0 Å². The Labute approximate surface area is 118 Å². The minimum atomic E-state index is 0.442. The average Bonchev–Trinajstić information content (AvgIpc) is 2.93. The Morgan fingerprint density at radius 1 is 1.40 bits per heavy atom. The van der Waals surface area contributed by atoms with Gasteiger partial charge < -0.3 is 20.4 Å². The maximum Gasteiger partial charge on any atom is 0.242 e. The van der Waals surface area contributed by atoms with Gasteiger partial charge in [0.1, 0.15) is 11.5 Å². The van der Waals surface area contributed by atoms with Gasteiger partial charge in [0.15, 0.2) is 5.82 Å². The summed E-state index contributed by atoms with van der Waals surface area (Å²) >= 11 is 0. The van der Waals surface area contributed by atoms with Gasteiger partial charge in [-0.05, 0) is 20.3 Å². The highest BCUT2D eigenvalue weighted by molar-refractivity contribution is 5.66. The summed E-state index contributed by atoms with van der Waals surface area (Å²) in [6.07, 6.45) is 6.46. The molecule has 0 saturated heterocycles. The van der Waals surface area contributed by atoms with E-state index in [9.17, 15) is 0 Å². The van der Waals surface area contributed by atoms with Crippen LogP contribution in [0.5, 0.6) is 5.88 Å². The van der Waals surface area contributed by atoms with E-state index in [0.717, 1.165) is 19.5 Å². The molecule has 0 aliphatic carbocycles. The molecule has 3 N–H and O–H groups in total. The van der Waals surface area contributed by atoms with E-state index in [1.807, 2.05) is 24.6 Å². The van der Waals surface area contributed by atoms with Crippen LogP contribution in [-0.4, -0.2) is 32.7 Å². The normalized spacial score (nSPS) is 10.5. The molecule has 0 unspecified atom stereocenters. The Kier molecular flexibility index (Phi) is 4.75. The number of hydrogen-bond donors (Lipinski definition) is 2. The van der Waals surface area contributed by atoms with Gasteiger partial charge in [-0.3, -0.25) is 0 Å². The number of aryl methyl sites for hydroxylation is 2. The van der Waals surface area contributed by atoms with Crippen molar-refractivity contribution in [1.82, 2.24) is 19.5 Å². The first-order valence-corrected chi connectivity index (χ1v) is 6.67. The van der Waals surface area contributed by atoms with E-state index >= 15 is 0 Å². The molecule has 0 spiro atoms. The van der Waals surface area contributed by atoms with Crippen LogP contribution in [0, 0.1) is 6.92 Å². The molecule has 0 fully saturated rings. The van der Waals surface area contributed by atoms with Crippen LogP contribution in [0.15, 0.2) is 18.7 Å². The third-order valence-electron chi connectivity index (χ3n) is 2.75. The van der Waals surface area contributed by atoms with E-state index in [1.54, 1.807) is 12.5 Å². The van der Waals surface area contributed by atoms with Crippen LogP contribution in [0.2, 0.25) is 0 Å². The third kappa shape index (κ3) is 3.59. The lowest BCUT2D eigenvalue weighted by molar-refractivity contribution is 0.327. The molecule has 0 bridgehead atoms. The third-order valence-corrected chi connectivity index (χ3v) is 2.75. The number of imidazole rings is 1. The van der Waals surface area contributed by atoms with Crippen molar-refractivity contribution < 1.29 is 4.74 Å². The first-order valence-electron chi connectivity index (χ1n) is 6.67. The van der Waals surface area contributed by atoms with Gasteiger partial charge in [0.2, 0.25) is 5.88 Å². The second kappa shape index (κ2) is 6.74. The van der Waals surface area contributed by atoms with Crippen molar-refractivity contribution in [3.05, 3.63) is 24.5 Å². The molecule has 108 valence electrons. The van der Waals surface area contributed by atoms with E-state index in [2.05, 4.69) is 20.3 Å². The number of nitrogens with zero attached hydrogens (tertiary/aromatic N) is 4. The van der Waals surface area contributed by atoms with Crippen molar-refractivity contribution in [3.8, 4) is 5.88 Å². The van der Waals surface area contributed by atoms with Crippen molar-refractivity contribution in [2.45, 2.75) is 26.8 Å². The molecule has 0 saturated carbocycles. The van der Waals surface area contributed by atoms with Crippen LogP contribution >= 0.6 is 0 Å². The largest absolute Gasteiger partial charge is 0.476 e. The highest BCUT2D eigenvalue weighted by Gasteiger charge is 2.10. The number of hydrogen-bond acceptors (Lipinski definition) is 6. The zero-order valence-corrected chi connectivity index (χ0v) is 11.8. The minimum Gasteiger partial charge on any atom is -0.476 e. The molecule has 0 atom stereocenters. The lowest BCUT2D eigenvalue weighted by Gasteiger charge is -2.12. The van der Waals surface area contributed by atoms with E-state index in [4.69, 9.17) is 10.5 Å². The standard InChI is InChI=1S/C13H20N6O/c1-3-20-13-11(14)12(17-10(2)18-13)16-5-4-7-19-8-6-15-9-19/h6,8-9H,3-5,7,14H2,1-2H3,(H,16,17,18). The fourth-order valence-electron chi connectivity index (χ4n) is 1.82. The maximum atomic E-state index is 5.99. The number of ether oxygens (including phenoxy) is 1. The van der Waals surface area contributed by atoms with Crippen molar-refractivity contribution in [2.24, 2.45) is 0 Å². The first kappa shape index (κ1) is 14.1. The predicted molar refractivity (Wildman–Crippen MR) is 77.7 cm³/mol. The monoisotopic (exact) mass is 276 g/mol. The topological polar surface area (TPSA) is 90.9 Å². The molecule has 7 nitrogen and oxygen atoms in total. The van der Waals surface area contributed by atoms with E-state index in [0.29, 0.717) is 29.8 Å². The van der Waals surface area contributed by atoms with Crippen LogP contribution < -0.4 is 15.8 Å². The summed E-state index contributed by atoms with van der Waals surface area (Å²) in [5, 5.41) is 3.23. The second-order valence-electron chi connectivity index (χ2n) is 4.35. The Morgan fingerprint density at radius 3 is 2.95 bits per heavy atom. The Hall–Kier alpha value is -2.31. The fraction of sp³-hybridized carbons (Fsp3) is 0.462. The first-order chi connectivity index (χ1) is 9.70. The molecule has 2 aromatic heterocycles. The van der Waals surface area contributed by atoms with Gasteiger partial charge in [-0.1, -0.05) is 0 Å². The predicted octanol–water partition coefficient (Wildman–Crippen LogP) is 1.46. The summed E-state index contributed by atoms with van der Waals surface area (Å²) in [6, 6.07) is 0. The molecule has 0 radical (unpaired) electrons. The average molecular weight is 276 g/mol. The second-order valence-corrected chi connectivity index (χ2v) is 4.35. The van der Waals surface area contributed by atoms with Crippen LogP contribution in [0.4, 0.5) is 11.5 Å². The molecule has 0 aromatic carbocycles. The Morgan fingerprint density at radius 2 is 2.25 bits per heavy atom. The molecule has 0 amide bonds. The number of nitrogen functional groups attached to an aromatic ring is 1. The quantitative estimate of drug-likeness (QED) is 0.744. The molecule has 7 heteroatoms.